The third-order valence-electron chi connectivity index (χ3n) is 5.10. The average molecular weight is 494 g/mol. The molecule has 0 aliphatic carbocycles. The molecule has 1 saturated heterocycles. The number of amides is 3. The number of carboxylic acid groups (broad SMARTS) is 1. The number of benzene rings is 1. The second kappa shape index (κ2) is 9.38. The Hall–Kier alpha value is -3.08. The van der Waals surface area contributed by atoms with E-state index >= 15 is 0 Å². The quantitative estimate of drug-likeness (QED) is 0.587. The molecule has 3 N–H and O–H groups in total. The van der Waals surface area contributed by atoms with E-state index in [-0.39, 0.29) is 19.1 Å². The molecule has 1 aliphatic rings. The molecule has 2 unspecified atom stereocenters. The summed E-state index contributed by atoms with van der Waals surface area (Å²) in [5, 5.41) is 12.0. The molecule has 11 heteroatoms. The highest BCUT2D eigenvalue weighted by atomic mass is 79.9. The molecular formula is C20H24BrN5O5. The fourth-order valence-electron chi connectivity index (χ4n) is 3.40. The van der Waals surface area contributed by atoms with Gasteiger partial charge in [0.1, 0.15) is 17.9 Å². The molecule has 1 aromatic heterocycles. The second-order valence-corrected chi connectivity index (χ2v) is 8.43. The summed E-state index contributed by atoms with van der Waals surface area (Å²) < 4.78 is 5.57. The summed E-state index contributed by atoms with van der Waals surface area (Å²) in [4.78, 5) is 46.8. The number of hydrogen-bond acceptors (Lipinski definition) is 5. The van der Waals surface area contributed by atoms with E-state index < -0.39 is 30.2 Å². The normalized spacial score (nSPS) is 17.0. The molecule has 1 aromatic carbocycles. The highest BCUT2D eigenvalue weighted by Crippen LogP contribution is 2.30. The average Bonchev–Trinajstić information content (AvgIpc) is 3.39. The molecule has 1 aliphatic heterocycles. The van der Waals surface area contributed by atoms with E-state index in [4.69, 9.17) is 0 Å². The lowest BCUT2D eigenvalue weighted by atomic mass is 10.0. The Bertz CT molecular complexity index is 961. The van der Waals surface area contributed by atoms with Gasteiger partial charge in [0.05, 0.1) is 32.2 Å². The van der Waals surface area contributed by atoms with Crippen LogP contribution in [0.4, 0.5) is 9.59 Å². The molecule has 0 radical (unpaired) electrons. The zero-order valence-corrected chi connectivity index (χ0v) is 18.9. The lowest BCUT2D eigenvalue weighted by molar-refractivity contribution is -0.135. The maximum atomic E-state index is 13.3. The SMILES string of the molecule is COC(=O)NC(C(=O)N1CN(C(=O)O)CC1c1ncc(-c2ccc(Br)cc2)[nH]1)C(C)C. The standard InChI is InChI=1S/C20H24BrN5O5/c1-11(2)16(24-19(28)31-3)18(27)26-10-25(20(29)30)9-15(26)17-22-8-14(23-17)12-4-6-13(21)7-5-12/h4-8,11,15-16H,9-10H2,1-3H3,(H,22,23)(H,24,28)(H,29,30). The summed E-state index contributed by atoms with van der Waals surface area (Å²) in [5.41, 5.74) is 1.65. The lowest BCUT2D eigenvalue weighted by Gasteiger charge is -2.29. The number of imidazole rings is 1. The maximum Gasteiger partial charge on any atom is 0.408 e. The van der Waals surface area contributed by atoms with Crippen LogP contribution in [0.3, 0.4) is 0 Å². The Kier molecular flexibility index (Phi) is 6.84. The van der Waals surface area contributed by atoms with Gasteiger partial charge >= 0.3 is 12.2 Å². The summed E-state index contributed by atoms with van der Waals surface area (Å²) in [6.07, 6.45) is -0.215. The number of halogens is 1. The zero-order chi connectivity index (χ0) is 22.7. The van der Waals surface area contributed by atoms with Gasteiger partial charge in [-0.05, 0) is 23.6 Å². The van der Waals surface area contributed by atoms with Crippen molar-refractivity contribution in [3.63, 3.8) is 0 Å². The molecule has 2 atom stereocenters. The maximum absolute atomic E-state index is 13.3. The van der Waals surface area contributed by atoms with Crippen molar-refractivity contribution in [3.8, 4) is 11.3 Å². The van der Waals surface area contributed by atoms with E-state index in [9.17, 15) is 19.5 Å². The first kappa shape index (κ1) is 22.6. The van der Waals surface area contributed by atoms with Crippen LogP contribution < -0.4 is 5.32 Å². The number of alkyl carbamates (subject to hydrolysis) is 1. The first-order valence-electron chi connectivity index (χ1n) is 9.65. The van der Waals surface area contributed by atoms with Crippen LogP contribution in [0.1, 0.15) is 25.7 Å². The highest BCUT2D eigenvalue weighted by Gasteiger charge is 2.42. The van der Waals surface area contributed by atoms with Crippen molar-refractivity contribution >= 4 is 34.0 Å². The molecule has 0 bridgehead atoms. The largest absolute Gasteiger partial charge is 0.465 e. The van der Waals surface area contributed by atoms with Crippen LogP contribution in [-0.2, 0) is 9.53 Å². The molecule has 2 heterocycles. The third kappa shape index (κ3) is 4.98. The Balaban J connectivity index is 1.89. The van der Waals surface area contributed by atoms with Crippen molar-refractivity contribution in [1.82, 2.24) is 25.1 Å². The fraction of sp³-hybridized carbons (Fsp3) is 0.400. The number of nitrogens with one attached hydrogen (secondary N) is 2. The van der Waals surface area contributed by atoms with E-state index in [1.165, 1.54) is 12.0 Å². The van der Waals surface area contributed by atoms with E-state index in [0.717, 1.165) is 20.6 Å². The van der Waals surface area contributed by atoms with Gasteiger partial charge in [0.2, 0.25) is 5.91 Å². The van der Waals surface area contributed by atoms with Gasteiger partial charge in [0, 0.05) is 4.47 Å². The van der Waals surface area contributed by atoms with Crippen LogP contribution in [0.25, 0.3) is 11.3 Å². The van der Waals surface area contributed by atoms with Crippen LogP contribution in [0.2, 0.25) is 0 Å². The van der Waals surface area contributed by atoms with Crippen LogP contribution in [-0.4, -0.2) is 69.3 Å². The lowest BCUT2D eigenvalue weighted by Crippen LogP contribution is -2.51. The van der Waals surface area contributed by atoms with Crippen LogP contribution >= 0.6 is 15.9 Å². The van der Waals surface area contributed by atoms with Gasteiger partial charge in [0.15, 0.2) is 0 Å². The second-order valence-electron chi connectivity index (χ2n) is 7.52. The van der Waals surface area contributed by atoms with Crippen molar-refractivity contribution in [2.24, 2.45) is 5.92 Å². The summed E-state index contributed by atoms with van der Waals surface area (Å²) in [5.74, 6) is -0.174. The van der Waals surface area contributed by atoms with Crippen molar-refractivity contribution < 1.29 is 24.2 Å². The topological polar surface area (TPSA) is 128 Å². The number of rotatable bonds is 5. The van der Waals surface area contributed by atoms with Crippen molar-refractivity contribution in [2.75, 3.05) is 20.3 Å². The van der Waals surface area contributed by atoms with Gasteiger partial charge in [-0.15, -0.1) is 0 Å². The van der Waals surface area contributed by atoms with Crippen molar-refractivity contribution in [1.29, 1.82) is 0 Å². The number of ether oxygens (including phenoxy) is 1. The number of aromatic nitrogens is 2. The molecule has 0 saturated carbocycles. The monoisotopic (exact) mass is 493 g/mol. The summed E-state index contributed by atoms with van der Waals surface area (Å²) in [6, 6.07) is 6.14. The highest BCUT2D eigenvalue weighted by molar-refractivity contribution is 9.10. The van der Waals surface area contributed by atoms with Gasteiger partial charge < -0.3 is 25.0 Å². The third-order valence-corrected chi connectivity index (χ3v) is 5.63. The molecule has 3 amide bonds. The Morgan fingerprint density at radius 2 is 1.97 bits per heavy atom. The minimum absolute atomic E-state index is 0.0669. The predicted octanol–water partition coefficient (Wildman–Crippen LogP) is 3.04. The number of carbonyl (C=O) groups is 3. The number of H-pyrrole nitrogens is 1. The summed E-state index contributed by atoms with van der Waals surface area (Å²) in [7, 11) is 1.22. The number of nitrogens with zero attached hydrogens (tertiary/aromatic N) is 3. The zero-order valence-electron chi connectivity index (χ0n) is 17.3. The van der Waals surface area contributed by atoms with Gasteiger partial charge in [-0.2, -0.15) is 0 Å². The Morgan fingerprint density at radius 3 is 2.55 bits per heavy atom. The molecule has 2 aromatic rings. The molecule has 0 spiro atoms. The van der Waals surface area contributed by atoms with Gasteiger partial charge in [-0.25, -0.2) is 14.6 Å². The van der Waals surface area contributed by atoms with Crippen LogP contribution in [0.15, 0.2) is 34.9 Å². The van der Waals surface area contributed by atoms with E-state index in [1.807, 2.05) is 24.3 Å². The summed E-state index contributed by atoms with van der Waals surface area (Å²) in [6.45, 7) is 3.52. The first-order chi connectivity index (χ1) is 14.7. The smallest absolute Gasteiger partial charge is 0.408 e. The van der Waals surface area contributed by atoms with Crippen molar-refractivity contribution in [3.05, 3.63) is 40.8 Å². The van der Waals surface area contributed by atoms with E-state index in [0.29, 0.717) is 5.82 Å². The molecule has 31 heavy (non-hydrogen) atoms. The van der Waals surface area contributed by atoms with Gasteiger partial charge in [-0.3, -0.25) is 9.69 Å². The van der Waals surface area contributed by atoms with Gasteiger partial charge in [0.25, 0.3) is 0 Å². The van der Waals surface area contributed by atoms with Crippen LogP contribution in [0.5, 0.6) is 0 Å². The number of methoxy groups -OCH3 is 1. The van der Waals surface area contributed by atoms with Gasteiger partial charge in [-0.1, -0.05) is 41.9 Å². The molecular weight excluding hydrogens is 470 g/mol. The number of aromatic amines is 1. The molecule has 3 rings (SSSR count). The first-order valence-corrected chi connectivity index (χ1v) is 10.4. The Morgan fingerprint density at radius 1 is 1.29 bits per heavy atom. The predicted molar refractivity (Wildman–Crippen MR) is 115 cm³/mol. The Labute approximate surface area is 187 Å². The minimum Gasteiger partial charge on any atom is -0.465 e. The minimum atomic E-state index is -1.14. The summed E-state index contributed by atoms with van der Waals surface area (Å²) >= 11 is 3.40. The van der Waals surface area contributed by atoms with Crippen molar-refractivity contribution in [2.45, 2.75) is 25.9 Å². The fourth-order valence-corrected chi connectivity index (χ4v) is 3.67. The number of hydrogen-bond donors (Lipinski definition) is 3. The van der Waals surface area contributed by atoms with Crippen LogP contribution in [0, 0.1) is 5.92 Å². The molecule has 1 fully saturated rings. The molecule has 10 nitrogen and oxygen atoms in total. The molecule has 166 valence electrons. The number of carbonyl (C=O) groups excluding carboxylic acids is 2. The van der Waals surface area contributed by atoms with E-state index in [2.05, 4.69) is 36.0 Å². The van der Waals surface area contributed by atoms with E-state index in [1.54, 1.807) is 20.0 Å².